The van der Waals surface area contributed by atoms with E-state index >= 15 is 0 Å². The monoisotopic (exact) mass is 381 g/mol. The number of hydrogen-bond donors (Lipinski definition) is 2. The molecule has 0 spiro atoms. The molecule has 0 saturated heterocycles. The first-order valence-electron chi connectivity index (χ1n) is 8.43. The van der Waals surface area contributed by atoms with Crippen molar-refractivity contribution in [3.05, 3.63) is 75.9 Å². The smallest absolute Gasteiger partial charge is 0.344 e. The molecule has 1 aliphatic heterocycles. The number of esters is 1. The molecule has 27 heavy (non-hydrogen) atoms. The van der Waals surface area contributed by atoms with Gasteiger partial charge in [0.15, 0.2) is 0 Å². The maximum absolute atomic E-state index is 12.4. The first kappa shape index (κ1) is 18.8. The molecule has 1 heterocycles. The Morgan fingerprint density at radius 1 is 1.19 bits per heavy atom. The zero-order valence-electron chi connectivity index (χ0n) is 15.0. The van der Waals surface area contributed by atoms with Crippen LogP contribution in [0.3, 0.4) is 0 Å². The lowest BCUT2D eigenvalue weighted by Crippen LogP contribution is -2.12. The highest BCUT2D eigenvalue weighted by molar-refractivity contribution is 8.18. The van der Waals surface area contributed by atoms with E-state index in [9.17, 15) is 15.0 Å². The molecule has 0 fully saturated rings. The van der Waals surface area contributed by atoms with Gasteiger partial charge in [-0.1, -0.05) is 42.1 Å². The van der Waals surface area contributed by atoms with Crippen LogP contribution in [-0.2, 0) is 9.53 Å². The fourth-order valence-electron chi connectivity index (χ4n) is 2.53. The van der Waals surface area contributed by atoms with Gasteiger partial charge in [0.2, 0.25) is 0 Å². The van der Waals surface area contributed by atoms with Crippen LogP contribution in [0.1, 0.15) is 18.1 Å². The summed E-state index contributed by atoms with van der Waals surface area (Å²) < 4.78 is 5.07. The van der Waals surface area contributed by atoms with E-state index in [-0.39, 0.29) is 23.7 Å². The van der Waals surface area contributed by atoms with Gasteiger partial charge >= 0.3 is 5.97 Å². The molecular weight excluding hydrogens is 362 g/mol. The average molecular weight is 381 g/mol. The summed E-state index contributed by atoms with van der Waals surface area (Å²) in [6, 6.07) is 14.4. The minimum atomic E-state index is -0.631. The molecule has 6 heteroatoms. The molecule has 2 aromatic carbocycles. The van der Waals surface area contributed by atoms with E-state index in [1.54, 1.807) is 37.3 Å². The van der Waals surface area contributed by atoms with Crippen molar-refractivity contribution < 1.29 is 19.7 Å². The molecular formula is C21H19NO4S. The molecule has 3 rings (SSSR count). The molecule has 2 aromatic rings. The maximum atomic E-state index is 12.4. The molecule has 0 aromatic heterocycles. The first-order valence-corrected chi connectivity index (χ1v) is 9.25. The predicted molar refractivity (Wildman–Crippen MR) is 108 cm³/mol. The number of benzene rings is 2. The van der Waals surface area contributed by atoms with Crippen LogP contribution in [0.15, 0.2) is 69.8 Å². The summed E-state index contributed by atoms with van der Waals surface area (Å²) >= 11 is 1.16. The Kier molecular flexibility index (Phi) is 5.66. The van der Waals surface area contributed by atoms with Crippen LogP contribution in [0.4, 0.5) is 5.69 Å². The van der Waals surface area contributed by atoms with Gasteiger partial charge in [0.1, 0.15) is 22.1 Å². The number of aryl methyl sites for hydroxylation is 1. The van der Waals surface area contributed by atoms with Crippen molar-refractivity contribution in [3.63, 3.8) is 0 Å². The summed E-state index contributed by atoms with van der Waals surface area (Å²) in [6.45, 7) is 3.77. The van der Waals surface area contributed by atoms with Crippen molar-refractivity contribution >= 4 is 34.5 Å². The normalized spacial score (nSPS) is 17.0. The van der Waals surface area contributed by atoms with Gasteiger partial charge in [-0.15, -0.1) is 0 Å². The SMILES string of the molecule is CCOC(=O)C1=C(O)C(=Cc2ccc(C)cc2O)SC1=Nc1ccccc1. The summed E-state index contributed by atoms with van der Waals surface area (Å²) in [4.78, 5) is 17.3. The number of thioether (sulfide) groups is 1. The van der Waals surface area contributed by atoms with E-state index in [2.05, 4.69) is 4.99 Å². The Morgan fingerprint density at radius 2 is 1.93 bits per heavy atom. The van der Waals surface area contributed by atoms with Gasteiger partial charge in [-0.25, -0.2) is 9.79 Å². The van der Waals surface area contributed by atoms with Crippen molar-refractivity contribution in [2.24, 2.45) is 4.99 Å². The molecule has 0 bridgehead atoms. The summed E-state index contributed by atoms with van der Waals surface area (Å²) in [6.07, 6.45) is 1.63. The predicted octanol–water partition coefficient (Wildman–Crippen LogP) is 4.89. The second-order valence-electron chi connectivity index (χ2n) is 5.87. The molecule has 0 atom stereocenters. The number of aromatic hydroxyl groups is 1. The van der Waals surface area contributed by atoms with E-state index in [0.29, 0.717) is 21.2 Å². The average Bonchev–Trinajstić information content (AvgIpc) is 2.93. The van der Waals surface area contributed by atoms with Gasteiger partial charge in [0, 0.05) is 5.56 Å². The molecule has 1 aliphatic rings. The van der Waals surface area contributed by atoms with Crippen molar-refractivity contribution in [1.29, 1.82) is 0 Å². The summed E-state index contributed by atoms with van der Waals surface area (Å²) in [5.74, 6) is -0.733. The zero-order valence-corrected chi connectivity index (χ0v) is 15.8. The molecule has 5 nitrogen and oxygen atoms in total. The van der Waals surface area contributed by atoms with Gasteiger partial charge in [-0.3, -0.25) is 0 Å². The Hall–Kier alpha value is -2.99. The van der Waals surface area contributed by atoms with Crippen molar-refractivity contribution in [3.8, 4) is 5.75 Å². The fourth-order valence-corrected chi connectivity index (χ4v) is 3.55. The highest BCUT2D eigenvalue weighted by atomic mass is 32.2. The Morgan fingerprint density at radius 3 is 2.59 bits per heavy atom. The minimum absolute atomic E-state index is 0.0311. The van der Waals surface area contributed by atoms with Crippen LogP contribution < -0.4 is 0 Å². The topological polar surface area (TPSA) is 79.1 Å². The van der Waals surface area contributed by atoms with Crippen LogP contribution in [0.5, 0.6) is 5.75 Å². The van der Waals surface area contributed by atoms with Crippen LogP contribution in [0, 0.1) is 6.92 Å². The maximum Gasteiger partial charge on any atom is 0.344 e. The third kappa shape index (κ3) is 4.23. The van der Waals surface area contributed by atoms with Crippen LogP contribution >= 0.6 is 11.8 Å². The minimum Gasteiger partial charge on any atom is -0.507 e. The van der Waals surface area contributed by atoms with Crippen molar-refractivity contribution in [2.75, 3.05) is 6.61 Å². The number of phenols is 1. The molecule has 0 radical (unpaired) electrons. The lowest BCUT2D eigenvalue weighted by atomic mass is 10.1. The van der Waals surface area contributed by atoms with Gasteiger partial charge < -0.3 is 14.9 Å². The number of aliphatic hydroxyl groups excluding tert-OH is 1. The Labute approximate surface area is 161 Å². The highest BCUT2D eigenvalue weighted by Gasteiger charge is 2.33. The van der Waals surface area contributed by atoms with Gasteiger partial charge in [-0.2, -0.15) is 0 Å². The molecule has 2 N–H and O–H groups in total. The number of hydrogen-bond acceptors (Lipinski definition) is 6. The molecule has 0 amide bonds. The van der Waals surface area contributed by atoms with Crippen molar-refractivity contribution in [1.82, 2.24) is 0 Å². The molecule has 138 valence electrons. The van der Waals surface area contributed by atoms with Gasteiger partial charge in [-0.05, 0) is 43.7 Å². The molecule has 0 aliphatic carbocycles. The van der Waals surface area contributed by atoms with Gasteiger partial charge in [0.25, 0.3) is 0 Å². The number of rotatable bonds is 4. The third-order valence-electron chi connectivity index (χ3n) is 3.83. The van der Waals surface area contributed by atoms with E-state index < -0.39 is 5.97 Å². The molecule has 0 unspecified atom stereocenters. The van der Waals surface area contributed by atoms with E-state index in [0.717, 1.165) is 17.3 Å². The van der Waals surface area contributed by atoms with E-state index in [1.165, 1.54) is 0 Å². The number of para-hydroxylation sites is 1. The molecule has 0 saturated carbocycles. The standard InChI is InChI=1S/C21H19NO4S/c1-3-26-21(25)18-19(24)17(12-14-10-9-13(2)11-16(14)23)27-20(18)22-15-7-5-4-6-8-15/h4-12,23-24H,3H2,1-2H3. The fraction of sp³-hybridized carbons (Fsp3) is 0.143. The summed E-state index contributed by atoms with van der Waals surface area (Å²) in [7, 11) is 0. The number of ether oxygens (including phenoxy) is 1. The van der Waals surface area contributed by atoms with Crippen molar-refractivity contribution in [2.45, 2.75) is 13.8 Å². The number of aliphatic hydroxyl groups is 1. The number of aliphatic imine (C=N–C) groups is 1. The summed E-state index contributed by atoms with van der Waals surface area (Å²) in [5.41, 5.74) is 2.16. The second kappa shape index (κ2) is 8.14. The third-order valence-corrected chi connectivity index (χ3v) is 4.85. The van der Waals surface area contributed by atoms with Crippen LogP contribution in [0.2, 0.25) is 0 Å². The van der Waals surface area contributed by atoms with Crippen LogP contribution in [-0.4, -0.2) is 27.8 Å². The number of carbonyl (C=O) groups is 1. The highest BCUT2D eigenvalue weighted by Crippen LogP contribution is 2.41. The first-order chi connectivity index (χ1) is 13.0. The number of phenolic OH excluding ortho intramolecular Hbond substituents is 1. The number of carbonyl (C=O) groups excluding carboxylic acids is 1. The van der Waals surface area contributed by atoms with E-state index in [4.69, 9.17) is 4.74 Å². The lowest BCUT2D eigenvalue weighted by Gasteiger charge is -2.03. The largest absolute Gasteiger partial charge is 0.507 e. The van der Waals surface area contributed by atoms with Gasteiger partial charge in [0.05, 0.1) is 17.2 Å². The second-order valence-corrected chi connectivity index (χ2v) is 6.90. The van der Waals surface area contributed by atoms with E-state index in [1.807, 2.05) is 31.2 Å². The Balaban J connectivity index is 2.06. The quantitative estimate of drug-likeness (QED) is 0.737. The number of nitrogens with zero attached hydrogens (tertiary/aromatic N) is 1. The van der Waals surface area contributed by atoms with Crippen LogP contribution in [0.25, 0.3) is 6.08 Å². The Bertz CT molecular complexity index is 961. The lowest BCUT2D eigenvalue weighted by molar-refractivity contribution is -0.138. The summed E-state index contributed by atoms with van der Waals surface area (Å²) in [5, 5.41) is 21.1. The zero-order chi connectivity index (χ0) is 19.4.